The van der Waals surface area contributed by atoms with E-state index in [1.807, 2.05) is 35.7 Å². The van der Waals surface area contributed by atoms with Crippen LogP contribution in [0.5, 0.6) is 5.75 Å². The van der Waals surface area contributed by atoms with E-state index in [4.69, 9.17) is 9.47 Å². The maximum atomic E-state index is 12.6. The van der Waals surface area contributed by atoms with E-state index in [2.05, 4.69) is 5.32 Å². The van der Waals surface area contributed by atoms with Gasteiger partial charge in [0.15, 0.2) is 0 Å². The SMILES string of the molecule is COc1ccccc1CN1C(=O)COC[C@@H]1[C@H](O)c1ccc(NC(=O)c2cccs2)cc1. The smallest absolute Gasteiger partial charge is 0.265 e. The van der Waals surface area contributed by atoms with E-state index in [9.17, 15) is 14.7 Å². The van der Waals surface area contributed by atoms with Gasteiger partial charge in [-0.3, -0.25) is 9.59 Å². The molecule has 0 radical (unpaired) electrons. The lowest BCUT2D eigenvalue weighted by Gasteiger charge is -2.38. The van der Waals surface area contributed by atoms with Crippen LogP contribution in [0.25, 0.3) is 0 Å². The Kier molecular flexibility index (Phi) is 6.84. The van der Waals surface area contributed by atoms with Gasteiger partial charge in [0.2, 0.25) is 5.91 Å². The lowest BCUT2D eigenvalue weighted by atomic mass is 9.99. The Balaban J connectivity index is 1.49. The number of hydrogen-bond acceptors (Lipinski definition) is 6. The van der Waals surface area contributed by atoms with Gasteiger partial charge >= 0.3 is 0 Å². The second kappa shape index (κ2) is 9.95. The summed E-state index contributed by atoms with van der Waals surface area (Å²) in [5, 5.41) is 15.8. The fraction of sp³-hybridized carbons (Fsp3) is 0.250. The number of anilines is 1. The zero-order valence-electron chi connectivity index (χ0n) is 17.6. The molecule has 1 saturated heterocycles. The van der Waals surface area contributed by atoms with Gasteiger partial charge in [-0.15, -0.1) is 11.3 Å². The first kappa shape index (κ1) is 22.0. The van der Waals surface area contributed by atoms with Crippen LogP contribution < -0.4 is 10.1 Å². The third-order valence-electron chi connectivity index (χ3n) is 5.39. The Morgan fingerprint density at radius 1 is 1.22 bits per heavy atom. The number of amides is 2. The van der Waals surface area contributed by atoms with Crippen LogP contribution in [0.4, 0.5) is 5.69 Å². The fourth-order valence-corrected chi connectivity index (χ4v) is 4.31. The van der Waals surface area contributed by atoms with Crippen LogP contribution in [0.15, 0.2) is 66.0 Å². The number of benzene rings is 2. The highest BCUT2D eigenvalue weighted by Gasteiger charge is 2.35. The maximum absolute atomic E-state index is 12.6. The first-order chi connectivity index (χ1) is 15.6. The normalized spacial score (nSPS) is 17.1. The van der Waals surface area contributed by atoms with Crippen LogP contribution in [0, 0.1) is 0 Å². The molecule has 7 nitrogen and oxygen atoms in total. The Labute approximate surface area is 190 Å². The molecule has 1 aliphatic heterocycles. The maximum Gasteiger partial charge on any atom is 0.265 e. The summed E-state index contributed by atoms with van der Waals surface area (Å²) in [6.07, 6.45) is -0.948. The molecule has 32 heavy (non-hydrogen) atoms. The largest absolute Gasteiger partial charge is 0.496 e. The average molecular weight is 453 g/mol. The molecular formula is C24H24N2O5S. The van der Waals surface area contributed by atoms with Crippen LogP contribution >= 0.6 is 11.3 Å². The molecule has 3 aromatic rings. The summed E-state index contributed by atoms with van der Waals surface area (Å²) in [7, 11) is 1.59. The number of methoxy groups -OCH3 is 1. The molecule has 0 saturated carbocycles. The van der Waals surface area contributed by atoms with E-state index in [1.54, 1.807) is 42.3 Å². The van der Waals surface area contributed by atoms with Crippen molar-refractivity contribution in [2.45, 2.75) is 18.7 Å². The van der Waals surface area contributed by atoms with E-state index in [1.165, 1.54) is 11.3 Å². The molecule has 166 valence electrons. The molecule has 2 amide bonds. The Morgan fingerprint density at radius 2 is 2.00 bits per heavy atom. The van der Waals surface area contributed by atoms with Gasteiger partial charge in [-0.2, -0.15) is 0 Å². The highest BCUT2D eigenvalue weighted by atomic mass is 32.1. The highest BCUT2D eigenvalue weighted by molar-refractivity contribution is 7.12. The molecule has 0 bridgehead atoms. The molecule has 1 fully saturated rings. The number of hydrogen-bond donors (Lipinski definition) is 2. The van der Waals surface area contributed by atoms with Crippen molar-refractivity contribution in [1.29, 1.82) is 0 Å². The van der Waals surface area contributed by atoms with Crippen LogP contribution in [-0.4, -0.2) is 48.2 Å². The summed E-state index contributed by atoms with van der Waals surface area (Å²) in [6.45, 7) is 0.508. The van der Waals surface area contributed by atoms with Crippen molar-refractivity contribution in [3.8, 4) is 5.75 Å². The van der Waals surface area contributed by atoms with Crippen molar-refractivity contribution in [2.24, 2.45) is 0 Å². The van der Waals surface area contributed by atoms with Crippen molar-refractivity contribution < 1.29 is 24.2 Å². The first-order valence-electron chi connectivity index (χ1n) is 10.2. The summed E-state index contributed by atoms with van der Waals surface area (Å²) >= 11 is 1.37. The van der Waals surface area contributed by atoms with Crippen LogP contribution in [0.2, 0.25) is 0 Å². The number of carbonyl (C=O) groups is 2. The monoisotopic (exact) mass is 452 g/mol. The topological polar surface area (TPSA) is 88.1 Å². The van der Waals surface area contributed by atoms with Gasteiger partial charge in [0.1, 0.15) is 18.5 Å². The minimum absolute atomic E-state index is 0.0218. The molecule has 0 aliphatic carbocycles. The second-order valence-corrected chi connectivity index (χ2v) is 8.36. The number of thiophene rings is 1. The number of rotatable bonds is 7. The van der Waals surface area contributed by atoms with Gasteiger partial charge < -0.3 is 24.8 Å². The van der Waals surface area contributed by atoms with Crippen LogP contribution in [0.1, 0.15) is 26.9 Å². The highest BCUT2D eigenvalue weighted by Crippen LogP contribution is 2.29. The third-order valence-corrected chi connectivity index (χ3v) is 6.26. The van der Waals surface area contributed by atoms with Crippen LogP contribution in [-0.2, 0) is 16.1 Å². The minimum atomic E-state index is -0.948. The lowest BCUT2D eigenvalue weighted by Crippen LogP contribution is -2.51. The summed E-state index contributed by atoms with van der Waals surface area (Å²) in [4.78, 5) is 27.1. The van der Waals surface area contributed by atoms with Gasteiger partial charge in [0, 0.05) is 17.8 Å². The van der Waals surface area contributed by atoms with E-state index in [0.717, 1.165) is 5.56 Å². The summed E-state index contributed by atoms with van der Waals surface area (Å²) in [5.74, 6) is 0.319. The molecule has 0 unspecified atom stereocenters. The number of nitrogens with zero attached hydrogens (tertiary/aromatic N) is 1. The predicted molar refractivity (Wildman–Crippen MR) is 122 cm³/mol. The standard InChI is InChI=1S/C24H24N2O5S/c1-30-20-6-3-2-5-17(20)13-26-19(14-31-15-22(26)27)23(28)16-8-10-18(11-9-16)25-24(29)21-7-4-12-32-21/h2-12,19,23,28H,13-15H2,1H3,(H,25,29)/t19-,23-/m1/s1. The molecule has 4 rings (SSSR count). The Bertz CT molecular complexity index is 1070. The first-order valence-corrected chi connectivity index (χ1v) is 11.1. The number of aliphatic hydroxyl groups excluding tert-OH is 1. The molecule has 1 aliphatic rings. The fourth-order valence-electron chi connectivity index (χ4n) is 3.70. The minimum Gasteiger partial charge on any atom is -0.496 e. The number of para-hydroxylation sites is 1. The van der Waals surface area contributed by atoms with Crippen molar-refractivity contribution in [2.75, 3.05) is 25.6 Å². The van der Waals surface area contributed by atoms with Crippen molar-refractivity contribution in [3.05, 3.63) is 82.0 Å². The lowest BCUT2D eigenvalue weighted by molar-refractivity contribution is -0.155. The van der Waals surface area contributed by atoms with E-state index in [0.29, 0.717) is 28.4 Å². The molecule has 8 heteroatoms. The summed E-state index contributed by atoms with van der Waals surface area (Å²) < 4.78 is 10.8. The summed E-state index contributed by atoms with van der Waals surface area (Å²) in [6, 6.07) is 17.5. The van der Waals surface area contributed by atoms with Gasteiger partial charge in [0.25, 0.3) is 5.91 Å². The number of morpholine rings is 1. The van der Waals surface area contributed by atoms with Crippen molar-refractivity contribution in [3.63, 3.8) is 0 Å². The van der Waals surface area contributed by atoms with E-state index in [-0.39, 0.29) is 25.0 Å². The number of carbonyl (C=O) groups excluding carboxylic acids is 2. The van der Waals surface area contributed by atoms with Crippen LogP contribution in [0.3, 0.4) is 0 Å². The Hall–Kier alpha value is -3.20. The van der Waals surface area contributed by atoms with E-state index < -0.39 is 12.1 Å². The molecule has 2 aromatic carbocycles. The second-order valence-electron chi connectivity index (χ2n) is 7.41. The predicted octanol–water partition coefficient (Wildman–Crippen LogP) is 3.47. The number of ether oxygens (including phenoxy) is 2. The van der Waals surface area contributed by atoms with Crippen molar-refractivity contribution >= 4 is 28.8 Å². The number of nitrogens with one attached hydrogen (secondary N) is 1. The zero-order chi connectivity index (χ0) is 22.5. The third kappa shape index (κ3) is 4.83. The summed E-state index contributed by atoms with van der Waals surface area (Å²) in [5.41, 5.74) is 2.11. The molecule has 2 atom stereocenters. The molecule has 1 aromatic heterocycles. The average Bonchev–Trinajstić information content (AvgIpc) is 3.36. The van der Waals surface area contributed by atoms with Gasteiger partial charge in [-0.25, -0.2) is 0 Å². The molecule has 2 N–H and O–H groups in total. The van der Waals surface area contributed by atoms with Crippen molar-refractivity contribution in [1.82, 2.24) is 4.90 Å². The Morgan fingerprint density at radius 3 is 2.72 bits per heavy atom. The van der Waals surface area contributed by atoms with E-state index >= 15 is 0 Å². The quantitative estimate of drug-likeness (QED) is 0.573. The number of aliphatic hydroxyl groups is 1. The molecule has 0 spiro atoms. The van der Waals surface area contributed by atoms with Gasteiger partial charge in [-0.05, 0) is 35.2 Å². The van der Waals surface area contributed by atoms with Gasteiger partial charge in [0.05, 0.1) is 24.6 Å². The molecule has 2 heterocycles. The zero-order valence-corrected chi connectivity index (χ0v) is 18.4. The molecular weight excluding hydrogens is 428 g/mol. The van der Waals surface area contributed by atoms with Gasteiger partial charge in [-0.1, -0.05) is 36.4 Å².